The maximum atomic E-state index is 2.45. The second-order valence-corrected chi connectivity index (χ2v) is 7.22. The van der Waals surface area contributed by atoms with Crippen molar-refractivity contribution >= 4 is 0 Å². The zero-order valence-corrected chi connectivity index (χ0v) is 13.7. The predicted octanol–water partition coefficient (Wildman–Crippen LogP) is 6.13. The van der Waals surface area contributed by atoms with Crippen LogP contribution in [0.4, 0.5) is 0 Å². The molecule has 0 saturated heterocycles. The summed E-state index contributed by atoms with van der Waals surface area (Å²) in [5, 5.41) is 0. The Hall–Kier alpha value is -1.04. The van der Waals surface area contributed by atoms with Crippen LogP contribution in [0.25, 0.3) is 0 Å². The van der Waals surface area contributed by atoms with Gasteiger partial charge in [-0.05, 0) is 86.7 Å². The average Bonchev–Trinajstić information content (AvgIpc) is 2.55. The summed E-state index contributed by atoms with van der Waals surface area (Å²) in [4.78, 5) is 0. The van der Waals surface area contributed by atoms with E-state index in [4.69, 9.17) is 0 Å². The normalized spacial score (nSPS) is 33.0. The molecule has 0 N–H and O–H groups in total. The Morgan fingerprint density at radius 3 is 2.38 bits per heavy atom. The molecule has 2 fully saturated rings. The number of rotatable bonds is 3. The Labute approximate surface area is 130 Å². The topological polar surface area (TPSA) is 0 Å². The second kappa shape index (κ2) is 6.81. The molecule has 0 heteroatoms. The van der Waals surface area contributed by atoms with Gasteiger partial charge in [-0.3, -0.25) is 0 Å². The number of fused-ring (bicyclic) bond motifs is 1. The van der Waals surface area contributed by atoms with E-state index in [1.807, 2.05) is 0 Å². The molecule has 0 aliphatic heterocycles. The van der Waals surface area contributed by atoms with Crippen LogP contribution < -0.4 is 0 Å². The molecular weight excluding hydrogens is 252 g/mol. The van der Waals surface area contributed by atoms with Gasteiger partial charge in [-0.2, -0.15) is 0 Å². The minimum absolute atomic E-state index is 0.829. The molecule has 0 radical (unpaired) electrons. The highest BCUT2D eigenvalue weighted by Gasteiger charge is 2.35. The molecule has 0 spiro atoms. The summed E-state index contributed by atoms with van der Waals surface area (Å²) in [5.41, 5.74) is 3.07. The molecule has 4 unspecified atom stereocenters. The highest BCUT2D eigenvalue weighted by molar-refractivity contribution is 5.26. The molecule has 0 amide bonds. The van der Waals surface area contributed by atoms with Crippen LogP contribution in [0.15, 0.2) is 36.4 Å². The van der Waals surface area contributed by atoms with Crippen LogP contribution in [-0.2, 0) is 6.42 Å². The fourth-order valence-corrected chi connectivity index (χ4v) is 4.70. The van der Waals surface area contributed by atoms with Gasteiger partial charge >= 0.3 is 0 Å². The summed E-state index contributed by atoms with van der Waals surface area (Å²) in [5.74, 6) is 3.70. The number of aryl methyl sites for hydroxylation is 1. The first-order chi connectivity index (χ1) is 10.3. The van der Waals surface area contributed by atoms with Crippen molar-refractivity contribution in [3.63, 3.8) is 0 Å². The van der Waals surface area contributed by atoms with Crippen molar-refractivity contribution in [1.82, 2.24) is 0 Å². The highest BCUT2D eigenvalue weighted by Crippen LogP contribution is 2.47. The molecule has 2 aliphatic rings. The molecule has 114 valence electrons. The fraction of sp³-hybridized carbons (Fsp3) is 0.619. The molecule has 2 saturated carbocycles. The van der Waals surface area contributed by atoms with Gasteiger partial charge in [-0.25, -0.2) is 0 Å². The average molecular weight is 282 g/mol. The van der Waals surface area contributed by atoms with Crippen molar-refractivity contribution in [2.24, 2.45) is 17.8 Å². The summed E-state index contributed by atoms with van der Waals surface area (Å²) in [7, 11) is 0. The smallest absolute Gasteiger partial charge is 0.0159 e. The Balaban J connectivity index is 1.62. The fourth-order valence-electron chi connectivity index (χ4n) is 4.70. The van der Waals surface area contributed by atoms with E-state index in [-0.39, 0.29) is 0 Å². The van der Waals surface area contributed by atoms with Gasteiger partial charge in [0.2, 0.25) is 0 Å². The minimum Gasteiger partial charge on any atom is -0.0914 e. The number of hydrogen-bond donors (Lipinski definition) is 0. The van der Waals surface area contributed by atoms with Gasteiger partial charge in [0.15, 0.2) is 0 Å². The van der Waals surface area contributed by atoms with Gasteiger partial charge in [0.05, 0.1) is 0 Å². The molecule has 3 rings (SSSR count). The second-order valence-electron chi connectivity index (χ2n) is 7.22. The molecule has 0 heterocycles. The molecule has 0 nitrogen and oxygen atoms in total. The monoisotopic (exact) mass is 282 g/mol. The van der Waals surface area contributed by atoms with E-state index >= 15 is 0 Å². The molecule has 1 aromatic rings. The summed E-state index contributed by atoms with van der Waals surface area (Å²) in [6.45, 7) is 4.41. The van der Waals surface area contributed by atoms with Crippen molar-refractivity contribution in [1.29, 1.82) is 0 Å². The molecule has 0 aromatic heterocycles. The first-order valence-corrected chi connectivity index (χ1v) is 9.01. The van der Waals surface area contributed by atoms with E-state index < -0.39 is 0 Å². The Bertz CT molecular complexity index is 467. The first-order valence-electron chi connectivity index (χ1n) is 9.01. The first kappa shape index (κ1) is 14.9. The molecule has 21 heavy (non-hydrogen) atoms. The molecular formula is C21H30. The number of hydrogen-bond acceptors (Lipinski definition) is 0. The molecule has 2 aliphatic carbocycles. The predicted molar refractivity (Wildman–Crippen MR) is 91.5 cm³/mol. The standard InChI is InChI=1S/C21H30/c1-3-5-17-8-11-21-15-20(13-12-19(21)14-17)18-9-6-16(4-2)7-10-18/h3,5-7,9-10,17,19-21H,4,8,11-15H2,1-2H3/b5-3+. The van der Waals surface area contributed by atoms with Crippen molar-refractivity contribution < 1.29 is 0 Å². The maximum absolute atomic E-state index is 2.45. The van der Waals surface area contributed by atoms with Crippen molar-refractivity contribution in [2.75, 3.05) is 0 Å². The summed E-state index contributed by atoms with van der Waals surface area (Å²) in [6, 6.07) is 9.47. The van der Waals surface area contributed by atoms with E-state index in [0.717, 1.165) is 30.1 Å². The van der Waals surface area contributed by atoms with Crippen molar-refractivity contribution in [3.8, 4) is 0 Å². The van der Waals surface area contributed by atoms with Crippen LogP contribution in [0.2, 0.25) is 0 Å². The number of allylic oxidation sites excluding steroid dienone is 2. The van der Waals surface area contributed by atoms with Crippen LogP contribution in [-0.4, -0.2) is 0 Å². The van der Waals surface area contributed by atoms with E-state index in [1.54, 1.807) is 5.56 Å². The van der Waals surface area contributed by atoms with Gasteiger partial charge in [-0.1, -0.05) is 43.3 Å². The van der Waals surface area contributed by atoms with E-state index in [1.165, 1.54) is 44.1 Å². The number of benzene rings is 1. The van der Waals surface area contributed by atoms with Crippen molar-refractivity contribution in [3.05, 3.63) is 47.5 Å². The maximum Gasteiger partial charge on any atom is -0.0159 e. The van der Waals surface area contributed by atoms with Crippen molar-refractivity contribution in [2.45, 2.75) is 64.7 Å². The summed E-state index contributed by atoms with van der Waals surface area (Å²) < 4.78 is 0. The van der Waals surface area contributed by atoms with Crippen LogP contribution >= 0.6 is 0 Å². The molecule has 4 atom stereocenters. The quantitative estimate of drug-likeness (QED) is 0.585. The van der Waals surface area contributed by atoms with Gasteiger partial charge in [0, 0.05) is 0 Å². The Morgan fingerprint density at radius 1 is 0.952 bits per heavy atom. The van der Waals surface area contributed by atoms with Crippen LogP contribution in [0, 0.1) is 17.8 Å². The van der Waals surface area contributed by atoms with Gasteiger partial charge in [-0.15, -0.1) is 0 Å². The molecule has 0 bridgehead atoms. The van der Waals surface area contributed by atoms with Crippen LogP contribution in [0.3, 0.4) is 0 Å². The lowest BCUT2D eigenvalue weighted by Gasteiger charge is -2.41. The Morgan fingerprint density at radius 2 is 1.67 bits per heavy atom. The van der Waals surface area contributed by atoms with Crippen LogP contribution in [0.1, 0.15) is 69.4 Å². The lowest BCUT2D eigenvalue weighted by atomic mass is 9.64. The van der Waals surface area contributed by atoms with Gasteiger partial charge < -0.3 is 0 Å². The lowest BCUT2D eigenvalue weighted by molar-refractivity contribution is 0.133. The summed E-state index contributed by atoms with van der Waals surface area (Å²) >= 11 is 0. The third kappa shape index (κ3) is 3.42. The summed E-state index contributed by atoms with van der Waals surface area (Å²) in [6.07, 6.45) is 14.5. The van der Waals surface area contributed by atoms with E-state index in [9.17, 15) is 0 Å². The molecule has 1 aromatic carbocycles. The SMILES string of the molecule is C/C=C/C1CCC2CC(c3ccc(CC)cc3)CCC2C1. The zero-order valence-electron chi connectivity index (χ0n) is 13.7. The lowest BCUT2D eigenvalue weighted by Crippen LogP contribution is -2.30. The van der Waals surface area contributed by atoms with Gasteiger partial charge in [0.25, 0.3) is 0 Å². The largest absolute Gasteiger partial charge is 0.0914 e. The zero-order chi connectivity index (χ0) is 14.7. The minimum atomic E-state index is 0.829. The van der Waals surface area contributed by atoms with Crippen LogP contribution in [0.5, 0.6) is 0 Å². The third-order valence-electron chi connectivity index (χ3n) is 5.98. The van der Waals surface area contributed by atoms with E-state index in [2.05, 4.69) is 50.3 Å². The van der Waals surface area contributed by atoms with E-state index in [0.29, 0.717) is 0 Å². The Kier molecular flexibility index (Phi) is 4.83. The third-order valence-corrected chi connectivity index (χ3v) is 5.98. The van der Waals surface area contributed by atoms with Gasteiger partial charge in [0.1, 0.15) is 0 Å². The highest BCUT2D eigenvalue weighted by atomic mass is 14.4.